The molecule has 2 heterocycles. The van der Waals surface area contributed by atoms with Crippen molar-refractivity contribution in [3.63, 3.8) is 0 Å². The second-order valence-electron chi connectivity index (χ2n) is 7.02. The van der Waals surface area contributed by atoms with Gasteiger partial charge in [0.15, 0.2) is 5.78 Å². The lowest BCUT2D eigenvalue weighted by Gasteiger charge is -2.38. The second kappa shape index (κ2) is 6.45. The van der Waals surface area contributed by atoms with E-state index in [-0.39, 0.29) is 17.0 Å². The number of nitrogens with two attached hydrogens (primary N) is 1. The highest BCUT2D eigenvalue weighted by molar-refractivity contribution is 8.03. The number of nitrogens with one attached hydrogen (secondary N) is 1. The first-order valence-electron chi connectivity index (χ1n) is 7.94. The van der Waals surface area contributed by atoms with Gasteiger partial charge in [0.1, 0.15) is 5.76 Å². The largest absolute Gasteiger partial charge is 0.468 e. The Kier molecular flexibility index (Phi) is 4.48. The molecule has 3 rings (SSSR count). The van der Waals surface area contributed by atoms with Crippen LogP contribution in [0.2, 0.25) is 0 Å². The first kappa shape index (κ1) is 17.4. The molecule has 0 unspecified atom stereocenters. The van der Waals surface area contributed by atoms with Crippen LogP contribution in [0.3, 0.4) is 0 Å². The summed E-state index contributed by atoms with van der Waals surface area (Å²) < 4.78 is 5.53. The Labute approximate surface area is 150 Å². The van der Waals surface area contributed by atoms with Gasteiger partial charge in [0, 0.05) is 17.7 Å². The molecule has 0 spiro atoms. The number of amides is 1. The molecule has 0 radical (unpaired) electrons. The number of rotatable bonds is 4. The van der Waals surface area contributed by atoms with Gasteiger partial charge in [0.05, 0.1) is 34.6 Å². The molecule has 1 aromatic rings. The smallest absolute Gasteiger partial charge is 0.227 e. The fourth-order valence-corrected chi connectivity index (χ4v) is 4.17. The van der Waals surface area contributed by atoms with Gasteiger partial charge in [-0.2, -0.15) is 5.26 Å². The monoisotopic (exact) mass is 357 g/mol. The molecule has 1 atom stereocenters. The minimum Gasteiger partial charge on any atom is -0.468 e. The van der Waals surface area contributed by atoms with Crippen molar-refractivity contribution in [1.82, 2.24) is 5.32 Å². The molecule has 0 aromatic carbocycles. The number of carbonyl (C=O) groups excluding carboxylic acids is 2. The van der Waals surface area contributed by atoms with E-state index in [0.717, 1.165) is 5.70 Å². The van der Waals surface area contributed by atoms with Crippen LogP contribution < -0.4 is 11.1 Å². The van der Waals surface area contributed by atoms with Crippen LogP contribution in [0.5, 0.6) is 0 Å². The van der Waals surface area contributed by atoms with E-state index in [4.69, 9.17) is 10.2 Å². The number of thioether (sulfide) groups is 1. The molecule has 1 aliphatic carbocycles. The van der Waals surface area contributed by atoms with Crippen LogP contribution in [-0.4, -0.2) is 17.4 Å². The topological polar surface area (TPSA) is 109 Å². The van der Waals surface area contributed by atoms with Crippen molar-refractivity contribution in [1.29, 1.82) is 5.26 Å². The number of nitrogens with zero attached hydrogens (tertiary/aromatic N) is 1. The van der Waals surface area contributed by atoms with Gasteiger partial charge < -0.3 is 15.5 Å². The van der Waals surface area contributed by atoms with Crippen LogP contribution in [0.25, 0.3) is 0 Å². The van der Waals surface area contributed by atoms with Crippen LogP contribution in [0, 0.1) is 16.7 Å². The number of hydrogen-bond donors (Lipinski definition) is 2. The van der Waals surface area contributed by atoms with Crippen LogP contribution in [0.1, 0.15) is 38.4 Å². The molecule has 3 N–H and O–H groups in total. The van der Waals surface area contributed by atoms with Gasteiger partial charge in [-0.3, -0.25) is 9.59 Å². The maximum absolute atomic E-state index is 12.8. The van der Waals surface area contributed by atoms with Crippen LogP contribution in [0.4, 0.5) is 0 Å². The minimum absolute atomic E-state index is 0.0202. The standard InChI is InChI=1S/C18H19N3O3S/c1-18(2)6-11-16(12(22)7-18)15(13-4-3-5-24-13)10(8-19)17(21-11)25-9-14(20)23/h3-5,15,21H,6-7,9H2,1-2H3,(H2,20,23)/t15-/m1/s1. The molecule has 0 saturated carbocycles. The maximum Gasteiger partial charge on any atom is 0.227 e. The van der Waals surface area contributed by atoms with Gasteiger partial charge in [-0.25, -0.2) is 0 Å². The Balaban J connectivity index is 2.11. The summed E-state index contributed by atoms with van der Waals surface area (Å²) in [4.78, 5) is 24.0. The van der Waals surface area contributed by atoms with E-state index in [1.807, 2.05) is 13.8 Å². The van der Waals surface area contributed by atoms with Crippen molar-refractivity contribution in [2.45, 2.75) is 32.6 Å². The summed E-state index contributed by atoms with van der Waals surface area (Å²) in [7, 11) is 0. The zero-order valence-electron chi connectivity index (χ0n) is 14.1. The van der Waals surface area contributed by atoms with E-state index in [1.54, 1.807) is 12.1 Å². The summed E-state index contributed by atoms with van der Waals surface area (Å²) >= 11 is 1.18. The lowest BCUT2D eigenvalue weighted by Crippen LogP contribution is -2.37. The van der Waals surface area contributed by atoms with Crippen molar-refractivity contribution in [3.05, 3.63) is 46.0 Å². The van der Waals surface area contributed by atoms with Gasteiger partial charge in [-0.05, 0) is 24.0 Å². The summed E-state index contributed by atoms with van der Waals surface area (Å²) in [5.41, 5.74) is 6.85. The molecular formula is C18H19N3O3S. The molecule has 1 aromatic heterocycles. The molecule has 0 saturated heterocycles. The summed E-state index contributed by atoms with van der Waals surface area (Å²) in [5.74, 6) is -0.387. The summed E-state index contributed by atoms with van der Waals surface area (Å²) in [6, 6.07) is 5.69. The number of Topliss-reactive ketones (excluding diaryl/α,β-unsaturated/α-hetero) is 1. The molecule has 7 heteroatoms. The van der Waals surface area contributed by atoms with Gasteiger partial charge in [-0.15, -0.1) is 0 Å². The van der Waals surface area contributed by atoms with Crippen molar-refractivity contribution in [3.8, 4) is 6.07 Å². The Morgan fingerprint density at radius 1 is 1.52 bits per heavy atom. The van der Waals surface area contributed by atoms with Crippen molar-refractivity contribution in [2.75, 3.05) is 5.75 Å². The van der Waals surface area contributed by atoms with Crippen molar-refractivity contribution in [2.24, 2.45) is 11.1 Å². The number of furan rings is 1. The molecule has 25 heavy (non-hydrogen) atoms. The lowest BCUT2D eigenvalue weighted by atomic mass is 9.70. The highest BCUT2D eigenvalue weighted by Crippen LogP contribution is 2.47. The molecule has 130 valence electrons. The number of carbonyl (C=O) groups is 2. The van der Waals surface area contributed by atoms with Crippen LogP contribution in [0.15, 0.2) is 44.7 Å². The Morgan fingerprint density at radius 3 is 2.88 bits per heavy atom. The predicted octanol–water partition coefficient (Wildman–Crippen LogP) is 2.56. The third-order valence-corrected chi connectivity index (χ3v) is 5.35. The summed E-state index contributed by atoms with van der Waals surface area (Å²) in [6.07, 6.45) is 2.64. The van der Waals surface area contributed by atoms with Gasteiger partial charge in [-0.1, -0.05) is 25.6 Å². The number of hydrogen-bond acceptors (Lipinski definition) is 6. The third kappa shape index (κ3) is 3.35. The number of dihydropyridines is 1. The SMILES string of the molecule is CC1(C)CC(=O)C2=C(C1)NC(SCC(N)=O)=C(C#N)[C@@H]2c1ccco1. The highest BCUT2D eigenvalue weighted by atomic mass is 32.2. The summed E-state index contributed by atoms with van der Waals surface area (Å²) in [6.45, 7) is 4.08. The van der Waals surface area contributed by atoms with E-state index in [2.05, 4.69) is 11.4 Å². The average molecular weight is 357 g/mol. The lowest BCUT2D eigenvalue weighted by molar-refractivity contribution is -0.118. The van der Waals surface area contributed by atoms with E-state index >= 15 is 0 Å². The Morgan fingerprint density at radius 2 is 2.28 bits per heavy atom. The Bertz CT molecular complexity index is 828. The van der Waals surface area contributed by atoms with Crippen LogP contribution in [-0.2, 0) is 9.59 Å². The van der Waals surface area contributed by atoms with Crippen LogP contribution >= 0.6 is 11.8 Å². The first-order chi connectivity index (χ1) is 11.8. The van der Waals surface area contributed by atoms with Crippen molar-refractivity contribution < 1.29 is 14.0 Å². The minimum atomic E-state index is -0.546. The predicted molar refractivity (Wildman–Crippen MR) is 93.9 cm³/mol. The molecule has 0 bridgehead atoms. The van der Waals surface area contributed by atoms with E-state index in [9.17, 15) is 14.9 Å². The van der Waals surface area contributed by atoms with Gasteiger partial charge >= 0.3 is 0 Å². The normalized spacial score (nSPS) is 22.3. The number of ketones is 1. The molecular weight excluding hydrogens is 338 g/mol. The average Bonchev–Trinajstić information content (AvgIpc) is 3.04. The van der Waals surface area contributed by atoms with Gasteiger partial charge in [0.2, 0.25) is 5.91 Å². The Hall–Kier alpha value is -2.46. The fourth-order valence-electron chi connectivity index (χ4n) is 3.37. The summed E-state index contributed by atoms with van der Waals surface area (Å²) in [5, 5.41) is 13.5. The van der Waals surface area contributed by atoms with E-state index < -0.39 is 11.8 Å². The fraction of sp³-hybridized carbons (Fsp3) is 0.389. The zero-order chi connectivity index (χ0) is 18.2. The molecule has 1 aliphatic heterocycles. The highest BCUT2D eigenvalue weighted by Gasteiger charge is 2.42. The maximum atomic E-state index is 12.8. The second-order valence-corrected chi connectivity index (χ2v) is 8.00. The first-order valence-corrected chi connectivity index (χ1v) is 8.93. The van der Waals surface area contributed by atoms with Gasteiger partial charge in [0.25, 0.3) is 0 Å². The number of primary amides is 1. The number of nitriles is 1. The molecule has 1 amide bonds. The van der Waals surface area contributed by atoms with E-state index in [1.165, 1.54) is 18.0 Å². The molecule has 6 nitrogen and oxygen atoms in total. The van der Waals surface area contributed by atoms with E-state index in [0.29, 0.717) is 34.8 Å². The zero-order valence-corrected chi connectivity index (χ0v) is 14.9. The molecule has 0 fully saturated rings. The number of allylic oxidation sites excluding steroid dienone is 3. The molecule has 2 aliphatic rings. The van der Waals surface area contributed by atoms with Crippen molar-refractivity contribution >= 4 is 23.5 Å². The third-order valence-electron chi connectivity index (χ3n) is 4.31. The quantitative estimate of drug-likeness (QED) is 0.857.